The van der Waals surface area contributed by atoms with E-state index in [1.807, 2.05) is 43.0 Å². The lowest BCUT2D eigenvalue weighted by atomic mass is 10.2. The average Bonchev–Trinajstić information content (AvgIpc) is 2.60. The van der Waals surface area contributed by atoms with Gasteiger partial charge in [-0.2, -0.15) is 0 Å². The number of aryl methyl sites for hydroxylation is 1. The van der Waals surface area contributed by atoms with Crippen molar-refractivity contribution in [3.8, 4) is 11.5 Å². The van der Waals surface area contributed by atoms with Crippen LogP contribution in [0.15, 0.2) is 30.6 Å². The highest BCUT2D eigenvalue weighted by Crippen LogP contribution is 2.31. The van der Waals surface area contributed by atoms with Gasteiger partial charge in [-0.25, -0.2) is 14.4 Å². The van der Waals surface area contributed by atoms with Crippen molar-refractivity contribution < 1.29 is 13.9 Å². The molecule has 0 amide bonds. The van der Waals surface area contributed by atoms with Crippen molar-refractivity contribution in [3.63, 3.8) is 0 Å². The molecule has 0 saturated heterocycles. The molecule has 0 spiro atoms. The Morgan fingerprint density at radius 1 is 1.22 bits per heavy atom. The molecule has 0 radical (unpaired) electrons. The largest absolute Gasteiger partial charge is 0.486 e. The number of anilines is 1. The summed E-state index contributed by atoms with van der Waals surface area (Å²) in [6.45, 7) is 5.40. The molecule has 1 unspecified atom stereocenters. The first-order valence-electron chi connectivity index (χ1n) is 7.85. The van der Waals surface area contributed by atoms with E-state index in [1.165, 1.54) is 6.33 Å². The van der Waals surface area contributed by atoms with E-state index in [9.17, 15) is 4.39 Å². The molecule has 1 aromatic carbocycles. The van der Waals surface area contributed by atoms with E-state index >= 15 is 0 Å². The number of aromatic nitrogens is 2. The number of hydrogen-bond acceptors (Lipinski definition) is 5. The number of hydrogen-bond donors (Lipinski definition) is 0. The highest BCUT2D eigenvalue weighted by atomic mass is 19.1. The summed E-state index contributed by atoms with van der Waals surface area (Å²) in [6, 6.07) is 7.56. The average molecular weight is 317 g/mol. The number of ether oxygens (including phenoxy) is 2. The Bertz CT molecular complexity index is 681. The van der Waals surface area contributed by atoms with Crippen molar-refractivity contribution in [1.82, 2.24) is 9.97 Å². The van der Waals surface area contributed by atoms with Gasteiger partial charge in [0, 0.05) is 6.54 Å². The molecular formula is C17H20FN3O2. The molecule has 0 fully saturated rings. The van der Waals surface area contributed by atoms with E-state index in [2.05, 4.69) is 9.97 Å². The maximum atomic E-state index is 14.5. The van der Waals surface area contributed by atoms with Crippen molar-refractivity contribution in [1.29, 1.82) is 0 Å². The number of benzene rings is 1. The predicted molar refractivity (Wildman–Crippen MR) is 85.6 cm³/mol. The Morgan fingerprint density at radius 3 is 2.74 bits per heavy atom. The lowest BCUT2D eigenvalue weighted by Gasteiger charge is -2.31. The zero-order valence-electron chi connectivity index (χ0n) is 13.3. The third kappa shape index (κ3) is 3.21. The molecule has 1 atom stereocenters. The summed E-state index contributed by atoms with van der Waals surface area (Å²) in [5, 5.41) is 0. The Morgan fingerprint density at radius 2 is 2.00 bits per heavy atom. The second-order valence-corrected chi connectivity index (χ2v) is 5.35. The van der Waals surface area contributed by atoms with E-state index in [-0.39, 0.29) is 11.9 Å². The molecule has 122 valence electrons. The zero-order chi connectivity index (χ0) is 16.2. The van der Waals surface area contributed by atoms with Crippen LogP contribution < -0.4 is 14.4 Å². The van der Waals surface area contributed by atoms with Crippen LogP contribution >= 0.6 is 0 Å². The maximum Gasteiger partial charge on any atom is 0.187 e. The molecule has 2 heterocycles. The molecular weight excluding hydrogens is 297 g/mol. The monoisotopic (exact) mass is 317 g/mol. The van der Waals surface area contributed by atoms with Crippen LogP contribution in [0.2, 0.25) is 0 Å². The number of rotatable bonds is 5. The van der Waals surface area contributed by atoms with Gasteiger partial charge in [-0.3, -0.25) is 0 Å². The van der Waals surface area contributed by atoms with E-state index in [4.69, 9.17) is 9.47 Å². The van der Waals surface area contributed by atoms with Gasteiger partial charge < -0.3 is 14.4 Å². The Kier molecular flexibility index (Phi) is 4.60. The van der Waals surface area contributed by atoms with E-state index in [0.717, 1.165) is 11.5 Å². The smallest absolute Gasteiger partial charge is 0.187 e. The highest BCUT2D eigenvalue weighted by Gasteiger charge is 2.25. The summed E-state index contributed by atoms with van der Waals surface area (Å²) in [5.74, 6) is 1.43. The van der Waals surface area contributed by atoms with Crippen molar-refractivity contribution in [2.24, 2.45) is 0 Å². The fourth-order valence-electron chi connectivity index (χ4n) is 2.63. The molecule has 1 aromatic heterocycles. The summed E-state index contributed by atoms with van der Waals surface area (Å²) in [4.78, 5) is 9.95. The quantitative estimate of drug-likeness (QED) is 0.848. The number of halogens is 1. The van der Waals surface area contributed by atoms with Crippen molar-refractivity contribution in [2.45, 2.75) is 26.4 Å². The zero-order valence-corrected chi connectivity index (χ0v) is 13.3. The van der Waals surface area contributed by atoms with Crippen molar-refractivity contribution >= 4 is 5.82 Å². The first kappa shape index (κ1) is 15.5. The van der Waals surface area contributed by atoms with Gasteiger partial charge in [0.05, 0.1) is 12.2 Å². The fourth-order valence-corrected chi connectivity index (χ4v) is 2.63. The Hall–Kier alpha value is -2.37. The second kappa shape index (κ2) is 6.81. The molecule has 0 aliphatic carbocycles. The first-order chi connectivity index (χ1) is 11.2. The van der Waals surface area contributed by atoms with Gasteiger partial charge in [-0.05, 0) is 25.5 Å². The molecule has 1 aliphatic rings. The number of likely N-dealkylation sites (N-methyl/N-ethyl adjacent to an activating group) is 1. The maximum absolute atomic E-state index is 14.5. The van der Waals surface area contributed by atoms with Crippen molar-refractivity contribution in [2.75, 3.05) is 24.6 Å². The fraction of sp³-hybridized carbons (Fsp3) is 0.412. The van der Waals surface area contributed by atoms with Gasteiger partial charge in [-0.1, -0.05) is 19.1 Å². The van der Waals surface area contributed by atoms with Gasteiger partial charge in [0.15, 0.2) is 29.2 Å². The van der Waals surface area contributed by atoms with Gasteiger partial charge in [-0.15, -0.1) is 0 Å². The standard InChI is InChI=1S/C17H20FN3O2/c1-3-13-16(18)17(20-11-19-13)21(4-2)9-12-10-22-14-7-5-6-8-15(14)23-12/h5-8,11-12H,3-4,9-10H2,1-2H3. The molecule has 1 aliphatic heterocycles. The summed E-state index contributed by atoms with van der Waals surface area (Å²) in [5.41, 5.74) is 0.430. The Balaban J connectivity index is 1.76. The van der Waals surface area contributed by atoms with Crippen LogP contribution in [0, 0.1) is 5.82 Å². The molecule has 6 heteroatoms. The molecule has 0 N–H and O–H groups in total. The topological polar surface area (TPSA) is 47.5 Å². The SMILES string of the molecule is CCc1ncnc(N(CC)CC2COc3ccccc3O2)c1F. The minimum atomic E-state index is -0.353. The van der Waals surface area contributed by atoms with Gasteiger partial charge in [0.25, 0.3) is 0 Å². The van der Waals surface area contributed by atoms with Crippen LogP contribution in [-0.4, -0.2) is 35.8 Å². The second-order valence-electron chi connectivity index (χ2n) is 5.35. The van der Waals surface area contributed by atoms with Crippen LogP contribution in [0.25, 0.3) is 0 Å². The summed E-state index contributed by atoms with van der Waals surface area (Å²) in [6.07, 6.45) is 1.77. The molecule has 3 rings (SSSR count). The number of fused-ring (bicyclic) bond motifs is 1. The number of nitrogens with zero attached hydrogens (tertiary/aromatic N) is 3. The molecule has 2 aromatic rings. The first-order valence-corrected chi connectivity index (χ1v) is 7.85. The van der Waals surface area contributed by atoms with Crippen LogP contribution in [0.5, 0.6) is 11.5 Å². The summed E-state index contributed by atoms with van der Waals surface area (Å²) < 4.78 is 26.1. The highest BCUT2D eigenvalue weighted by molar-refractivity contribution is 5.43. The van der Waals surface area contributed by atoms with Gasteiger partial charge in [0.1, 0.15) is 12.9 Å². The predicted octanol–water partition coefficient (Wildman–Crippen LogP) is 2.84. The summed E-state index contributed by atoms with van der Waals surface area (Å²) in [7, 11) is 0. The Labute approximate surface area is 135 Å². The summed E-state index contributed by atoms with van der Waals surface area (Å²) >= 11 is 0. The minimum Gasteiger partial charge on any atom is -0.486 e. The van der Waals surface area contributed by atoms with E-state index in [0.29, 0.717) is 37.6 Å². The molecule has 0 bridgehead atoms. The number of para-hydroxylation sites is 2. The van der Waals surface area contributed by atoms with Crippen LogP contribution in [-0.2, 0) is 6.42 Å². The van der Waals surface area contributed by atoms with E-state index in [1.54, 1.807) is 0 Å². The van der Waals surface area contributed by atoms with E-state index < -0.39 is 0 Å². The van der Waals surface area contributed by atoms with Gasteiger partial charge in [0.2, 0.25) is 0 Å². The van der Waals surface area contributed by atoms with Gasteiger partial charge >= 0.3 is 0 Å². The van der Waals surface area contributed by atoms with Crippen LogP contribution in [0.3, 0.4) is 0 Å². The molecule has 5 nitrogen and oxygen atoms in total. The normalized spacial score (nSPS) is 16.2. The van der Waals surface area contributed by atoms with Crippen molar-refractivity contribution in [3.05, 3.63) is 42.1 Å². The van der Waals surface area contributed by atoms with Crippen LogP contribution in [0.1, 0.15) is 19.5 Å². The third-order valence-electron chi connectivity index (χ3n) is 3.85. The van der Waals surface area contributed by atoms with Crippen LogP contribution in [0.4, 0.5) is 10.2 Å². The lowest BCUT2D eigenvalue weighted by molar-refractivity contribution is 0.0952. The minimum absolute atomic E-state index is 0.177. The third-order valence-corrected chi connectivity index (χ3v) is 3.85. The molecule has 0 saturated carbocycles. The molecule has 23 heavy (non-hydrogen) atoms. The lowest BCUT2D eigenvalue weighted by Crippen LogP contribution is -2.41.